The minimum Gasteiger partial charge on any atom is -0.359 e. The first-order valence-electron chi connectivity index (χ1n) is 5.56. The third kappa shape index (κ3) is 2.87. The summed E-state index contributed by atoms with van der Waals surface area (Å²) in [5.41, 5.74) is 3.14. The van der Waals surface area contributed by atoms with E-state index < -0.39 is 10.0 Å². The summed E-state index contributed by atoms with van der Waals surface area (Å²) in [7, 11) is -3.12. The second-order valence-corrected chi connectivity index (χ2v) is 6.19. The summed E-state index contributed by atoms with van der Waals surface area (Å²) in [4.78, 5) is 3.23. The van der Waals surface area contributed by atoms with Crippen molar-refractivity contribution in [3.05, 3.63) is 35.5 Å². The highest BCUT2D eigenvalue weighted by Crippen LogP contribution is 2.16. The first kappa shape index (κ1) is 12.1. The molecule has 2 rings (SSSR count). The van der Waals surface area contributed by atoms with E-state index in [4.69, 9.17) is 0 Å². The van der Waals surface area contributed by atoms with Gasteiger partial charge in [-0.25, -0.2) is 13.1 Å². The van der Waals surface area contributed by atoms with Crippen molar-refractivity contribution < 1.29 is 8.42 Å². The summed E-state index contributed by atoms with van der Waals surface area (Å²) in [5, 5.41) is 1.11. The molecule has 92 valence electrons. The average molecular weight is 252 g/mol. The lowest BCUT2D eigenvalue weighted by atomic mass is 10.1. The highest BCUT2D eigenvalue weighted by atomic mass is 32.2. The van der Waals surface area contributed by atoms with Crippen molar-refractivity contribution in [3.8, 4) is 0 Å². The third-order valence-corrected chi connectivity index (χ3v) is 4.04. The molecular weight excluding hydrogens is 236 g/mol. The number of hydrogen-bond donors (Lipinski definition) is 2. The van der Waals surface area contributed by atoms with E-state index in [0.29, 0.717) is 6.54 Å². The molecule has 0 atom stereocenters. The Hall–Kier alpha value is -1.33. The maximum atomic E-state index is 11.3. The van der Waals surface area contributed by atoms with Gasteiger partial charge in [-0.1, -0.05) is 6.07 Å². The molecule has 2 N–H and O–H groups in total. The summed E-state index contributed by atoms with van der Waals surface area (Å²) in [5.74, 6) is 0.110. The quantitative estimate of drug-likeness (QED) is 0.873. The van der Waals surface area contributed by atoms with Crippen molar-refractivity contribution in [3.63, 3.8) is 0 Å². The molecule has 0 bridgehead atoms. The van der Waals surface area contributed by atoms with Gasteiger partial charge in [-0.3, -0.25) is 0 Å². The maximum Gasteiger partial charge on any atom is 0.211 e. The van der Waals surface area contributed by atoms with Gasteiger partial charge in [0, 0.05) is 17.8 Å². The predicted molar refractivity (Wildman–Crippen MR) is 69.3 cm³/mol. The van der Waals surface area contributed by atoms with E-state index in [-0.39, 0.29) is 5.75 Å². The van der Waals surface area contributed by atoms with Crippen molar-refractivity contribution in [2.24, 2.45) is 0 Å². The zero-order chi connectivity index (χ0) is 12.5. The van der Waals surface area contributed by atoms with E-state index in [0.717, 1.165) is 22.2 Å². The van der Waals surface area contributed by atoms with Gasteiger partial charge in [-0.2, -0.15) is 0 Å². The summed E-state index contributed by atoms with van der Waals surface area (Å²) in [6.45, 7) is 3.97. The minimum absolute atomic E-state index is 0.110. The number of fused-ring (bicyclic) bond motifs is 1. The van der Waals surface area contributed by atoms with Gasteiger partial charge in [-0.15, -0.1) is 0 Å². The van der Waals surface area contributed by atoms with Crippen LogP contribution in [0.25, 0.3) is 10.9 Å². The van der Waals surface area contributed by atoms with Crippen LogP contribution in [0.2, 0.25) is 0 Å². The lowest BCUT2D eigenvalue weighted by Gasteiger charge is -2.04. The number of aromatic nitrogens is 1. The van der Waals surface area contributed by atoms with E-state index in [9.17, 15) is 8.42 Å². The first-order valence-corrected chi connectivity index (χ1v) is 7.21. The number of rotatable bonds is 4. The Kier molecular flexibility index (Phi) is 3.22. The number of sulfonamides is 1. The lowest BCUT2D eigenvalue weighted by Crippen LogP contribution is -2.24. The molecule has 1 heterocycles. The highest BCUT2D eigenvalue weighted by Gasteiger charge is 2.06. The zero-order valence-corrected chi connectivity index (χ0v) is 10.8. The molecule has 0 spiro atoms. The molecule has 1 aromatic heterocycles. The Balaban J connectivity index is 2.19. The van der Waals surface area contributed by atoms with E-state index in [1.54, 1.807) is 6.92 Å². The lowest BCUT2D eigenvalue weighted by molar-refractivity contribution is 0.582. The van der Waals surface area contributed by atoms with Crippen LogP contribution in [0, 0.1) is 6.92 Å². The van der Waals surface area contributed by atoms with Crippen LogP contribution >= 0.6 is 0 Å². The maximum absolute atomic E-state index is 11.3. The van der Waals surface area contributed by atoms with Gasteiger partial charge in [0.1, 0.15) is 0 Å². The molecule has 4 nitrogen and oxygen atoms in total. The van der Waals surface area contributed by atoms with Gasteiger partial charge in [0.15, 0.2) is 0 Å². The smallest absolute Gasteiger partial charge is 0.211 e. The van der Waals surface area contributed by atoms with Gasteiger partial charge in [-0.05, 0) is 43.0 Å². The largest absolute Gasteiger partial charge is 0.359 e. The SMILES string of the molecule is CCS(=O)(=O)NCc1ccc2[nH]c(C)cc2c1. The molecule has 17 heavy (non-hydrogen) atoms. The first-order chi connectivity index (χ1) is 8.00. The van der Waals surface area contributed by atoms with Gasteiger partial charge in [0.25, 0.3) is 0 Å². The van der Waals surface area contributed by atoms with Crippen LogP contribution in [-0.2, 0) is 16.6 Å². The van der Waals surface area contributed by atoms with Crippen LogP contribution < -0.4 is 4.72 Å². The fourth-order valence-corrected chi connectivity index (χ4v) is 2.32. The van der Waals surface area contributed by atoms with Crippen LogP contribution in [0.5, 0.6) is 0 Å². The van der Waals surface area contributed by atoms with Crippen molar-refractivity contribution in [2.45, 2.75) is 20.4 Å². The van der Waals surface area contributed by atoms with E-state index in [1.807, 2.05) is 31.2 Å². The fraction of sp³-hybridized carbons (Fsp3) is 0.333. The standard InChI is InChI=1S/C12H16N2O2S/c1-3-17(15,16)13-8-10-4-5-12-11(7-10)6-9(2)14-12/h4-7,13-14H,3,8H2,1-2H3. The van der Waals surface area contributed by atoms with Crippen LogP contribution in [0.4, 0.5) is 0 Å². The Morgan fingerprint density at radius 1 is 1.29 bits per heavy atom. The van der Waals surface area contributed by atoms with E-state index in [2.05, 4.69) is 9.71 Å². The Morgan fingerprint density at radius 3 is 2.76 bits per heavy atom. The second-order valence-electron chi connectivity index (χ2n) is 4.10. The molecule has 5 heteroatoms. The molecule has 0 aliphatic heterocycles. The van der Waals surface area contributed by atoms with Crippen LogP contribution in [0.15, 0.2) is 24.3 Å². The van der Waals surface area contributed by atoms with Crippen molar-refractivity contribution in [1.29, 1.82) is 0 Å². The van der Waals surface area contributed by atoms with Gasteiger partial charge < -0.3 is 4.98 Å². The average Bonchev–Trinajstić information content (AvgIpc) is 2.66. The summed E-state index contributed by atoms with van der Waals surface area (Å²) < 4.78 is 25.2. The van der Waals surface area contributed by atoms with Gasteiger partial charge in [0.05, 0.1) is 5.75 Å². The number of benzene rings is 1. The van der Waals surface area contributed by atoms with E-state index >= 15 is 0 Å². The normalized spacial score (nSPS) is 12.1. The molecule has 0 radical (unpaired) electrons. The number of aryl methyl sites for hydroxylation is 1. The molecule has 0 saturated carbocycles. The zero-order valence-electron chi connectivity index (χ0n) is 9.95. The molecule has 0 aliphatic rings. The molecule has 0 amide bonds. The molecule has 0 unspecified atom stereocenters. The topological polar surface area (TPSA) is 62.0 Å². The molecule has 0 saturated heterocycles. The van der Waals surface area contributed by atoms with Gasteiger partial charge >= 0.3 is 0 Å². The predicted octanol–water partition coefficient (Wildman–Crippen LogP) is 1.92. The summed E-state index contributed by atoms with van der Waals surface area (Å²) in [6.07, 6.45) is 0. The summed E-state index contributed by atoms with van der Waals surface area (Å²) in [6, 6.07) is 7.94. The highest BCUT2D eigenvalue weighted by molar-refractivity contribution is 7.89. The Labute approximate surface area is 101 Å². The number of hydrogen-bond acceptors (Lipinski definition) is 2. The molecule has 0 aliphatic carbocycles. The molecule has 1 aromatic carbocycles. The Bertz CT molecular complexity index is 629. The van der Waals surface area contributed by atoms with Crippen LogP contribution in [0.3, 0.4) is 0 Å². The molecular formula is C12H16N2O2S. The van der Waals surface area contributed by atoms with Crippen LogP contribution in [-0.4, -0.2) is 19.2 Å². The van der Waals surface area contributed by atoms with E-state index in [1.165, 1.54) is 0 Å². The summed E-state index contributed by atoms with van der Waals surface area (Å²) >= 11 is 0. The van der Waals surface area contributed by atoms with Crippen LogP contribution in [0.1, 0.15) is 18.2 Å². The number of H-pyrrole nitrogens is 1. The van der Waals surface area contributed by atoms with Crippen molar-refractivity contribution >= 4 is 20.9 Å². The number of nitrogens with one attached hydrogen (secondary N) is 2. The minimum atomic E-state index is -3.12. The molecule has 2 aromatic rings. The van der Waals surface area contributed by atoms with Gasteiger partial charge in [0.2, 0.25) is 10.0 Å². The fourth-order valence-electron chi connectivity index (χ4n) is 1.73. The monoisotopic (exact) mass is 252 g/mol. The Morgan fingerprint density at radius 2 is 2.06 bits per heavy atom. The molecule has 0 fully saturated rings. The van der Waals surface area contributed by atoms with Crippen molar-refractivity contribution in [1.82, 2.24) is 9.71 Å². The van der Waals surface area contributed by atoms with Crippen molar-refractivity contribution in [2.75, 3.05) is 5.75 Å². The second kappa shape index (κ2) is 4.50. The number of aromatic amines is 1. The third-order valence-electron chi connectivity index (χ3n) is 2.70.